The number of hydrogen-bond acceptors (Lipinski definition) is 10. The van der Waals surface area contributed by atoms with Crippen molar-refractivity contribution in [1.82, 2.24) is 30.7 Å². The predicted molar refractivity (Wildman–Crippen MR) is 137 cm³/mol. The summed E-state index contributed by atoms with van der Waals surface area (Å²) >= 11 is 0. The van der Waals surface area contributed by atoms with Gasteiger partial charge in [-0.25, -0.2) is 10.1 Å². The van der Waals surface area contributed by atoms with E-state index < -0.39 is 10.8 Å². The number of carbonyl (C=O) groups is 1. The topological polar surface area (TPSA) is 180 Å². The van der Waals surface area contributed by atoms with Gasteiger partial charge in [-0.15, -0.1) is 5.10 Å². The molecule has 1 amide bonds. The van der Waals surface area contributed by atoms with E-state index in [-0.39, 0.29) is 34.3 Å². The lowest BCUT2D eigenvalue weighted by Crippen LogP contribution is -2.21. The zero-order chi connectivity index (χ0) is 26.6. The molecule has 3 aromatic carbocycles. The third-order valence-electron chi connectivity index (χ3n) is 5.65. The molecule has 0 bridgehead atoms. The number of nitrogens with two attached hydrogens (primary N) is 1. The van der Waals surface area contributed by atoms with Gasteiger partial charge in [0.15, 0.2) is 5.69 Å². The van der Waals surface area contributed by atoms with Crippen molar-refractivity contribution in [2.45, 2.75) is 6.92 Å². The van der Waals surface area contributed by atoms with Gasteiger partial charge in [-0.05, 0) is 33.9 Å². The summed E-state index contributed by atoms with van der Waals surface area (Å²) in [5, 5.41) is 30.7. The first-order chi connectivity index (χ1) is 18.4. The van der Waals surface area contributed by atoms with Crippen LogP contribution in [0.2, 0.25) is 0 Å². The Morgan fingerprint density at radius 3 is 2.39 bits per heavy atom. The Labute approximate surface area is 214 Å². The van der Waals surface area contributed by atoms with E-state index in [0.717, 1.165) is 21.4 Å². The minimum absolute atomic E-state index is 0.0313. The number of amides is 1. The van der Waals surface area contributed by atoms with Gasteiger partial charge in [-0.3, -0.25) is 14.9 Å². The molecule has 38 heavy (non-hydrogen) atoms. The van der Waals surface area contributed by atoms with Gasteiger partial charge < -0.3 is 5.73 Å². The van der Waals surface area contributed by atoms with Crippen LogP contribution in [-0.2, 0) is 0 Å². The van der Waals surface area contributed by atoms with Crippen molar-refractivity contribution in [1.29, 1.82) is 0 Å². The highest BCUT2D eigenvalue weighted by molar-refractivity contribution is 6.02. The Hall–Kier alpha value is -5.72. The van der Waals surface area contributed by atoms with Crippen LogP contribution in [0.1, 0.15) is 23.0 Å². The highest BCUT2D eigenvalue weighted by Crippen LogP contribution is 2.29. The van der Waals surface area contributed by atoms with Crippen molar-refractivity contribution < 1.29 is 14.3 Å². The molecule has 13 heteroatoms. The van der Waals surface area contributed by atoms with Crippen LogP contribution >= 0.6 is 0 Å². The Balaban J connectivity index is 1.45. The van der Waals surface area contributed by atoms with Gasteiger partial charge in [0.1, 0.15) is 5.69 Å². The molecule has 0 saturated heterocycles. The number of non-ortho nitro benzene ring substituents is 1. The SMILES string of the molecule is CC(=NNC(=O)c1nnn(-c2nonc2N)c1-c1cccc([N+](=O)[O-])c1)c1ccc(-c2ccccc2)cc1. The lowest BCUT2D eigenvalue weighted by molar-refractivity contribution is -0.384. The Bertz CT molecular complexity index is 1660. The van der Waals surface area contributed by atoms with E-state index in [1.165, 1.54) is 18.2 Å². The van der Waals surface area contributed by atoms with Crippen molar-refractivity contribution in [2.24, 2.45) is 5.10 Å². The van der Waals surface area contributed by atoms with Gasteiger partial charge in [0.2, 0.25) is 11.6 Å². The summed E-state index contributed by atoms with van der Waals surface area (Å²) in [5.41, 5.74) is 11.8. The number of rotatable bonds is 7. The van der Waals surface area contributed by atoms with Crippen LogP contribution in [0.15, 0.2) is 88.6 Å². The van der Waals surface area contributed by atoms with Crippen LogP contribution in [0.5, 0.6) is 0 Å². The number of aromatic nitrogens is 5. The molecule has 0 aliphatic carbocycles. The van der Waals surface area contributed by atoms with Crippen molar-refractivity contribution >= 4 is 23.1 Å². The smallest absolute Gasteiger partial charge is 0.294 e. The summed E-state index contributed by atoms with van der Waals surface area (Å²) in [6, 6.07) is 23.3. The number of nitrogens with zero attached hydrogens (tertiary/aromatic N) is 7. The molecule has 0 spiro atoms. The summed E-state index contributed by atoms with van der Waals surface area (Å²) in [6.45, 7) is 1.75. The fraction of sp³-hybridized carbons (Fsp3) is 0.0400. The minimum atomic E-state index is -0.701. The standard InChI is InChI=1S/C25H19N9O4/c1-15(16-10-12-18(13-11-16)17-6-3-2-4-7-17)27-29-25(35)21-22(19-8-5-9-20(14-19)34(36)37)33(32-28-21)24-23(26)30-38-31-24/h2-14H,1H3,(H2,26,30)(H,29,35). The molecule has 0 atom stereocenters. The van der Waals surface area contributed by atoms with Crippen LogP contribution in [0, 0.1) is 10.1 Å². The lowest BCUT2D eigenvalue weighted by atomic mass is 10.0. The van der Waals surface area contributed by atoms with E-state index in [2.05, 4.69) is 35.8 Å². The maximum atomic E-state index is 13.1. The number of carbonyl (C=O) groups excluding carboxylic acids is 1. The van der Waals surface area contributed by atoms with Crippen LogP contribution in [-0.4, -0.2) is 41.8 Å². The normalized spacial score (nSPS) is 11.3. The van der Waals surface area contributed by atoms with Gasteiger partial charge in [-0.2, -0.15) is 9.78 Å². The van der Waals surface area contributed by atoms with Gasteiger partial charge in [0.25, 0.3) is 11.6 Å². The lowest BCUT2D eigenvalue weighted by Gasteiger charge is -2.07. The number of nitrogen functional groups attached to an aromatic ring is 1. The first-order valence-corrected chi connectivity index (χ1v) is 11.2. The third-order valence-corrected chi connectivity index (χ3v) is 5.65. The molecule has 0 aliphatic heterocycles. The monoisotopic (exact) mass is 509 g/mol. The molecule has 0 radical (unpaired) electrons. The highest BCUT2D eigenvalue weighted by Gasteiger charge is 2.26. The fourth-order valence-corrected chi connectivity index (χ4v) is 3.73. The first-order valence-electron chi connectivity index (χ1n) is 11.2. The summed E-state index contributed by atoms with van der Waals surface area (Å²) in [5.74, 6) is -0.842. The fourth-order valence-electron chi connectivity index (χ4n) is 3.73. The average Bonchev–Trinajstić information content (AvgIpc) is 3.58. The number of nitro benzene ring substituents is 1. The highest BCUT2D eigenvalue weighted by atomic mass is 16.6. The number of nitro groups is 1. The molecular formula is C25H19N9O4. The number of anilines is 1. The van der Waals surface area contributed by atoms with Crippen LogP contribution < -0.4 is 11.2 Å². The number of nitrogens with one attached hydrogen (secondary N) is 1. The Morgan fingerprint density at radius 2 is 1.71 bits per heavy atom. The molecule has 2 aromatic heterocycles. The van der Waals surface area contributed by atoms with Crippen molar-refractivity contribution in [2.75, 3.05) is 5.73 Å². The summed E-state index contributed by atoms with van der Waals surface area (Å²) < 4.78 is 5.77. The molecule has 3 N–H and O–H groups in total. The summed E-state index contributed by atoms with van der Waals surface area (Å²) in [6.07, 6.45) is 0. The van der Waals surface area contributed by atoms with Crippen molar-refractivity contribution in [3.8, 4) is 28.2 Å². The molecular weight excluding hydrogens is 490 g/mol. The molecule has 2 heterocycles. The summed E-state index contributed by atoms with van der Waals surface area (Å²) in [4.78, 5) is 23.9. The zero-order valence-electron chi connectivity index (χ0n) is 19.8. The minimum Gasteiger partial charge on any atom is -0.378 e. The van der Waals surface area contributed by atoms with Crippen LogP contribution in [0.4, 0.5) is 11.5 Å². The molecule has 5 aromatic rings. The van der Waals surface area contributed by atoms with E-state index in [0.29, 0.717) is 5.71 Å². The van der Waals surface area contributed by atoms with Gasteiger partial charge in [-0.1, -0.05) is 71.9 Å². The average molecular weight is 509 g/mol. The zero-order valence-corrected chi connectivity index (χ0v) is 19.8. The van der Waals surface area contributed by atoms with E-state index in [9.17, 15) is 14.9 Å². The molecule has 0 unspecified atom stereocenters. The van der Waals surface area contributed by atoms with Crippen molar-refractivity contribution in [3.63, 3.8) is 0 Å². The van der Waals surface area contributed by atoms with Gasteiger partial charge in [0.05, 0.1) is 10.6 Å². The Kier molecular flexibility index (Phi) is 6.38. The van der Waals surface area contributed by atoms with E-state index in [4.69, 9.17) is 5.73 Å². The van der Waals surface area contributed by atoms with Crippen LogP contribution in [0.3, 0.4) is 0 Å². The molecule has 188 valence electrons. The first kappa shape index (κ1) is 24.0. The third kappa shape index (κ3) is 4.70. The molecule has 0 aliphatic rings. The quantitative estimate of drug-likeness (QED) is 0.188. The second-order valence-electron chi connectivity index (χ2n) is 8.06. The number of benzene rings is 3. The van der Waals surface area contributed by atoms with E-state index >= 15 is 0 Å². The molecule has 0 saturated carbocycles. The molecule has 13 nitrogen and oxygen atoms in total. The maximum absolute atomic E-state index is 13.1. The summed E-state index contributed by atoms with van der Waals surface area (Å²) in [7, 11) is 0. The number of hydrogen-bond donors (Lipinski definition) is 2. The largest absolute Gasteiger partial charge is 0.378 e. The van der Waals surface area contributed by atoms with E-state index in [1.807, 2.05) is 54.6 Å². The van der Waals surface area contributed by atoms with Crippen LogP contribution in [0.25, 0.3) is 28.2 Å². The number of hydrazone groups is 1. The Morgan fingerprint density at radius 1 is 1.00 bits per heavy atom. The van der Waals surface area contributed by atoms with Gasteiger partial charge >= 0.3 is 0 Å². The van der Waals surface area contributed by atoms with Gasteiger partial charge in [0, 0.05) is 17.7 Å². The van der Waals surface area contributed by atoms with Crippen molar-refractivity contribution in [3.05, 3.63) is 100 Å². The molecule has 5 rings (SSSR count). The second-order valence-corrected chi connectivity index (χ2v) is 8.06. The molecule has 0 fully saturated rings. The predicted octanol–water partition coefficient (Wildman–Crippen LogP) is 3.63. The van der Waals surface area contributed by atoms with E-state index in [1.54, 1.807) is 13.0 Å². The maximum Gasteiger partial charge on any atom is 0.294 e. The second kappa shape index (κ2) is 10.1.